The molecule has 0 atom stereocenters. The van der Waals surface area contributed by atoms with Gasteiger partial charge in [0.15, 0.2) is 0 Å². The lowest BCUT2D eigenvalue weighted by Gasteiger charge is -2.16. The summed E-state index contributed by atoms with van der Waals surface area (Å²) < 4.78 is 2.11. The molecule has 0 fully saturated rings. The van der Waals surface area contributed by atoms with Crippen LogP contribution in [0, 0.1) is 0 Å². The Morgan fingerprint density at radius 3 is 2.41 bits per heavy atom. The number of phenols is 1. The SMILES string of the molecule is CC(C)n1cc(C(C)(C)O)c2cc(O)ccc21. The number of hydrogen-bond donors (Lipinski definition) is 2. The predicted octanol–water partition coefficient (Wildman–Crippen LogP) is 3.16. The van der Waals surface area contributed by atoms with E-state index in [-0.39, 0.29) is 5.75 Å². The number of aromatic nitrogens is 1. The number of rotatable bonds is 2. The molecule has 1 heterocycles. The average molecular weight is 233 g/mol. The largest absolute Gasteiger partial charge is 0.508 e. The van der Waals surface area contributed by atoms with E-state index in [1.165, 1.54) is 0 Å². The summed E-state index contributed by atoms with van der Waals surface area (Å²) in [7, 11) is 0. The van der Waals surface area contributed by atoms with Crippen LogP contribution >= 0.6 is 0 Å². The minimum atomic E-state index is -0.911. The zero-order chi connectivity index (χ0) is 12.8. The first-order valence-electron chi connectivity index (χ1n) is 5.87. The van der Waals surface area contributed by atoms with Crippen LogP contribution in [0.4, 0.5) is 0 Å². The molecule has 17 heavy (non-hydrogen) atoms. The lowest BCUT2D eigenvalue weighted by atomic mass is 9.98. The van der Waals surface area contributed by atoms with Gasteiger partial charge in [-0.05, 0) is 45.9 Å². The molecule has 0 saturated heterocycles. The van der Waals surface area contributed by atoms with E-state index < -0.39 is 5.60 Å². The Labute approximate surface area is 101 Å². The summed E-state index contributed by atoms with van der Waals surface area (Å²) >= 11 is 0. The number of nitrogens with zero attached hydrogens (tertiary/aromatic N) is 1. The standard InChI is InChI=1S/C14H19NO2/c1-9(2)15-8-12(14(3,4)17)11-7-10(16)5-6-13(11)15/h5-9,16-17H,1-4H3. The third kappa shape index (κ3) is 2.03. The van der Waals surface area contributed by atoms with Gasteiger partial charge in [-0.2, -0.15) is 0 Å². The normalized spacial score (nSPS) is 12.6. The van der Waals surface area contributed by atoms with Gasteiger partial charge in [-0.25, -0.2) is 0 Å². The molecule has 3 nitrogen and oxygen atoms in total. The van der Waals surface area contributed by atoms with Gasteiger partial charge in [0.1, 0.15) is 5.75 Å². The highest BCUT2D eigenvalue weighted by atomic mass is 16.3. The van der Waals surface area contributed by atoms with Crippen molar-refractivity contribution >= 4 is 10.9 Å². The summed E-state index contributed by atoms with van der Waals surface area (Å²) in [6.07, 6.45) is 1.97. The van der Waals surface area contributed by atoms with Crippen molar-refractivity contribution in [2.24, 2.45) is 0 Å². The van der Waals surface area contributed by atoms with E-state index in [1.807, 2.05) is 12.3 Å². The van der Waals surface area contributed by atoms with E-state index in [0.717, 1.165) is 16.5 Å². The maximum Gasteiger partial charge on any atom is 0.116 e. The van der Waals surface area contributed by atoms with E-state index in [1.54, 1.807) is 26.0 Å². The number of aromatic hydroxyl groups is 1. The van der Waals surface area contributed by atoms with E-state index in [4.69, 9.17) is 0 Å². The molecule has 0 saturated carbocycles. The third-order valence-electron chi connectivity index (χ3n) is 3.03. The molecule has 2 rings (SSSR count). The number of fused-ring (bicyclic) bond motifs is 1. The van der Waals surface area contributed by atoms with Crippen LogP contribution in [0.25, 0.3) is 10.9 Å². The summed E-state index contributed by atoms with van der Waals surface area (Å²) in [4.78, 5) is 0. The molecule has 2 aromatic rings. The van der Waals surface area contributed by atoms with Gasteiger partial charge in [0, 0.05) is 28.7 Å². The molecule has 0 amide bonds. The van der Waals surface area contributed by atoms with Crippen LogP contribution in [0.3, 0.4) is 0 Å². The highest BCUT2D eigenvalue weighted by Crippen LogP contribution is 2.33. The fraction of sp³-hybridized carbons (Fsp3) is 0.429. The van der Waals surface area contributed by atoms with Gasteiger partial charge < -0.3 is 14.8 Å². The second-order valence-electron chi connectivity index (χ2n) is 5.30. The first kappa shape index (κ1) is 12.0. The summed E-state index contributed by atoms with van der Waals surface area (Å²) in [6.45, 7) is 7.72. The Morgan fingerprint density at radius 1 is 1.24 bits per heavy atom. The Morgan fingerprint density at radius 2 is 1.88 bits per heavy atom. The maximum absolute atomic E-state index is 10.2. The monoisotopic (exact) mass is 233 g/mol. The number of aliphatic hydroxyl groups is 1. The van der Waals surface area contributed by atoms with E-state index in [0.29, 0.717) is 6.04 Å². The van der Waals surface area contributed by atoms with E-state index in [2.05, 4.69) is 18.4 Å². The van der Waals surface area contributed by atoms with Gasteiger partial charge in [-0.1, -0.05) is 0 Å². The first-order chi connectivity index (χ1) is 7.80. The van der Waals surface area contributed by atoms with Gasteiger partial charge in [-0.15, -0.1) is 0 Å². The van der Waals surface area contributed by atoms with Crippen LogP contribution in [0.2, 0.25) is 0 Å². The molecule has 2 N–H and O–H groups in total. The van der Waals surface area contributed by atoms with Crippen molar-refractivity contribution in [1.29, 1.82) is 0 Å². The number of hydrogen-bond acceptors (Lipinski definition) is 2. The Balaban J connectivity index is 2.80. The highest BCUT2D eigenvalue weighted by Gasteiger charge is 2.22. The minimum absolute atomic E-state index is 0.226. The zero-order valence-electron chi connectivity index (χ0n) is 10.7. The van der Waals surface area contributed by atoms with Crippen molar-refractivity contribution in [3.63, 3.8) is 0 Å². The van der Waals surface area contributed by atoms with Crippen LogP contribution in [0.15, 0.2) is 24.4 Å². The smallest absolute Gasteiger partial charge is 0.116 e. The van der Waals surface area contributed by atoms with Crippen molar-refractivity contribution < 1.29 is 10.2 Å². The number of phenolic OH excluding ortho intramolecular Hbond substituents is 1. The van der Waals surface area contributed by atoms with E-state index in [9.17, 15) is 10.2 Å². The van der Waals surface area contributed by atoms with Crippen molar-refractivity contribution in [2.75, 3.05) is 0 Å². The quantitative estimate of drug-likeness (QED) is 0.837. The van der Waals surface area contributed by atoms with Gasteiger partial charge in [0.25, 0.3) is 0 Å². The summed E-state index contributed by atoms with van der Waals surface area (Å²) in [5, 5.41) is 20.7. The molecular weight excluding hydrogens is 214 g/mol. The zero-order valence-corrected chi connectivity index (χ0v) is 10.7. The minimum Gasteiger partial charge on any atom is -0.508 e. The Bertz CT molecular complexity index is 547. The molecule has 1 aromatic heterocycles. The summed E-state index contributed by atoms with van der Waals surface area (Å²) in [6, 6.07) is 5.59. The third-order valence-corrected chi connectivity index (χ3v) is 3.03. The van der Waals surface area contributed by atoms with Crippen LogP contribution in [0.1, 0.15) is 39.3 Å². The van der Waals surface area contributed by atoms with Crippen LogP contribution < -0.4 is 0 Å². The molecular formula is C14H19NO2. The average Bonchev–Trinajstić information content (AvgIpc) is 2.55. The van der Waals surface area contributed by atoms with E-state index >= 15 is 0 Å². The molecule has 1 aromatic carbocycles. The molecule has 0 bridgehead atoms. The maximum atomic E-state index is 10.2. The van der Waals surface area contributed by atoms with Crippen molar-refractivity contribution in [3.05, 3.63) is 30.0 Å². The molecule has 3 heteroatoms. The van der Waals surface area contributed by atoms with Gasteiger partial charge >= 0.3 is 0 Å². The van der Waals surface area contributed by atoms with Gasteiger partial charge in [-0.3, -0.25) is 0 Å². The van der Waals surface area contributed by atoms with Gasteiger partial charge in [0.2, 0.25) is 0 Å². The summed E-state index contributed by atoms with van der Waals surface area (Å²) in [5.41, 5.74) is 0.971. The topological polar surface area (TPSA) is 45.4 Å². The molecule has 92 valence electrons. The first-order valence-corrected chi connectivity index (χ1v) is 5.87. The molecule has 0 spiro atoms. The number of benzene rings is 1. The van der Waals surface area contributed by atoms with Crippen molar-refractivity contribution in [2.45, 2.75) is 39.3 Å². The second-order valence-corrected chi connectivity index (χ2v) is 5.30. The fourth-order valence-corrected chi connectivity index (χ4v) is 2.16. The lowest BCUT2D eigenvalue weighted by molar-refractivity contribution is 0.0799. The second kappa shape index (κ2) is 3.77. The fourth-order valence-electron chi connectivity index (χ4n) is 2.16. The molecule has 0 aliphatic carbocycles. The van der Waals surface area contributed by atoms with Gasteiger partial charge in [0.05, 0.1) is 5.60 Å². The predicted molar refractivity (Wildman–Crippen MR) is 69.2 cm³/mol. The molecule has 0 aliphatic heterocycles. The Hall–Kier alpha value is -1.48. The van der Waals surface area contributed by atoms with Crippen LogP contribution in [0.5, 0.6) is 5.75 Å². The molecule has 0 unspecified atom stereocenters. The Kier molecular flexibility index (Phi) is 2.66. The molecule has 0 radical (unpaired) electrons. The van der Waals surface area contributed by atoms with Crippen molar-refractivity contribution in [1.82, 2.24) is 4.57 Å². The molecule has 0 aliphatic rings. The summed E-state index contributed by atoms with van der Waals surface area (Å²) in [5.74, 6) is 0.226. The lowest BCUT2D eigenvalue weighted by Crippen LogP contribution is -2.14. The van der Waals surface area contributed by atoms with Crippen molar-refractivity contribution in [3.8, 4) is 5.75 Å². The van der Waals surface area contributed by atoms with Crippen LogP contribution in [-0.4, -0.2) is 14.8 Å². The van der Waals surface area contributed by atoms with Crippen LogP contribution in [-0.2, 0) is 5.60 Å². The highest BCUT2D eigenvalue weighted by molar-refractivity contribution is 5.86.